The van der Waals surface area contributed by atoms with Crippen molar-refractivity contribution in [2.75, 3.05) is 20.1 Å². The Kier molecular flexibility index (Phi) is 6.85. The summed E-state index contributed by atoms with van der Waals surface area (Å²) in [6.07, 6.45) is 12.0. The van der Waals surface area contributed by atoms with Crippen molar-refractivity contribution in [3.63, 3.8) is 0 Å². The molecule has 3 saturated carbocycles. The van der Waals surface area contributed by atoms with Gasteiger partial charge in [-0.05, 0) is 98.7 Å². The number of oxime groups is 1. The maximum atomic E-state index is 12.7. The molecule has 0 bridgehead atoms. The minimum absolute atomic E-state index is 0.234. The van der Waals surface area contributed by atoms with Crippen LogP contribution in [-0.2, 0) is 4.84 Å². The summed E-state index contributed by atoms with van der Waals surface area (Å²) in [5.74, 6) is 2.60. The third-order valence-corrected chi connectivity index (χ3v) is 11.3. The second kappa shape index (κ2) is 9.41. The normalized spacial score (nSPS) is 43.8. The van der Waals surface area contributed by atoms with Gasteiger partial charge in [0.25, 0.3) is 0 Å². The number of fused-ring (bicyclic) bond motifs is 5. The van der Waals surface area contributed by atoms with Gasteiger partial charge in [-0.15, -0.1) is 0 Å². The first-order valence-electron chi connectivity index (χ1n) is 14.5. The van der Waals surface area contributed by atoms with Crippen LogP contribution < -0.4 is 5.32 Å². The zero-order valence-electron chi connectivity index (χ0n) is 23.5. The standard InChI is InChI=1S/C30H49N3O3/c1-19(32-36-27(35)33(6)17-21-16-28(2,3)18-31-21)24-9-10-25-23-8-7-20-15-22(34)11-13-29(20,4)26(23)12-14-30(24,25)5/h15,21-26,31,34H,7-14,16-18H2,1-6H3/b32-19+/t21?,22-,23-,24+,25-,26-,29-,30+/m0/s1. The van der Waals surface area contributed by atoms with Crippen LogP contribution >= 0.6 is 0 Å². The number of hydrogen-bond acceptors (Lipinski definition) is 5. The van der Waals surface area contributed by atoms with Crippen LogP contribution in [0.4, 0.5) is 4.79 Å². The summed E-state index contributed by atoms with van der Waals surface area (Å²) in [7, 11) is 1.81. The van der Waals surface area contributed by atoms with Crippen molar-refractivity contribution in [2.24, 2.45) is 45.1 Å². The molecule has 4 aliphatic carbocycles. The molecule has 202 valence electrons. The van der Waals surface area contributed by atoms with E-state index in [1.807, 2.05) is 7.05 Å². The van der Waals surface area contributed by atoms with E-state index in [-0.39, 0.29) is 28.4 Å². The van der Waals surface area contributed by atoms with Gasteiger partial charge in [-0.3, -0.25) is 4.84 Å². The SMILES string of the molecule is C/C(=N\OC(=O)N(C)CC1CC(C)(C)CN1)[C@H]1CC[C@H]2[C@@H]3CCC4=C[C@@H](O)CC[C@]4(C)[C@H]3CC[C@]12C. The maximum Gasteiger partial charge on any atom is 0.435 e. The van der Waals surface area contributed by atoms with Crippen LogP contribution in [0.2, 0.25) is 0 Å². The van der Waals surface area contributed by atoms with Gasteiger partial charge in [-0.2, -0.15) is 0 Å². The van der Waals surface area contributed by atoms with E-state index < -0.39 is 0 Å². The first-order valence-corrected chi connectivity index (χ1v) is 14.5. The molecular formula is C30H49N3O3. The summed E-state index contributed by atoms with van der Waals surface area (Å²) in [4.78, 5) is 19.8. The van der Waals surface area contributed by atoms with E-state index in [2.05, 4.69) is 51.2 Å². The van der Waals surface area contributed by atoms with Crippen LogP contribution in [-0.4, -0.2) is 54.1 Å². The molecule has 0 aromatic heterocycles. The van der Waals surface area contributed by atoms with Gasteiger partial charge in [-0.1, -0.05) is 44.5 Å². The average Bonchev–Trinajstić information content (AvgIpc) is 3.35. The minimum atomic E-state index is -0.358. The van der Waals surface area contributed by atoms with Crippen molar-refractivity contribution < 1.29 is 14.7 Å². The second-order valence-corrected chi connectivity index (χ2v) is 14.2. The Balaban J connectivity index is 1.22. The molecule has 5 aliphatic rings. The van der Waals surface area contributed by atoms with Gasteiger partial charge in [0.15, 0.2) is 0 Å². The number of rotatable bonds is 4. The number of aliphatic hydroxyl groups is 1. The summed E-state index contributed by atoms with van der Waals surface area (Å²) < 4.78 is 0. The molecule has 0 spiro atoms. The fourth-order valence-electron chi connectivity index (χ4n) is 9.41. The number of aliphatic hydroxyl groups excluding tert-OH is 1. The number of carbonyl (C=O) groups is 1. The van der Waals surface area contributed by atoms with Gasteiger partial charge >= 0.3 is 6.09 Å². The van der Waals surface area contributed by atoms with Gasteiger partial charge in [0.2, 0.25) is 0 Å². The molecule has 1 heterocycles. The quantitative estimate of drug-likeness (QED) is 0.223. The van der Waals surface area contributed by atoms with Crippen LogP contribution in [0, 0.1) is 39.9 Å². The van der Waals surface area contributed by atoms with E-state index in [0.717, 1.165) is 56.2 Å². The second-order valence-electron chi connectivity index (χ2n) is 14.2. The van der Waals surface area contributed by atoms with Gasteiger partial charge < -0.3 is 15.3 Å². The topological polar surface area (TPSA) is 74.2 Å². The first-order chi connectivity index (χ1) is 16.9. The Hall–Kier alpha value is -1.40. The Bertz CT molecular complexity index is 928. The molecule has 6 heteroatoms. The number of allylic oxidation sites excluding steroid dienone is 1. The molecule has 5 rings (SSSR count). The highest BCUT2D eigenvalue weighted by Gasteiger charge is 2.59. The van der Waals surface area contributed by atoms with Gasteiger partial charge in [-0.25, -0.2) is 4.79 Å². The zero-order chi connectivity index (χ0) is 25.9. The van der Waals surface area contributed by atoms with E-state index in [1.54, 1.807) is 4.90 Å². The molecular weight excluding hydrogens is 450 g/mol. The van der Waals surface area contributed by atoms with Crippen LogP contribution in [0.15, 0.2) is 16.8 Å². The lowest BCUT2D eigenvalue weighted by molar-refractivity contribution is -0.0479. The third-order valence-electron chi connectivity index (χ3n) is 11.3. The Morgan fingerprint density at radius 1 is 1.14 bits per heavy atom. The highest BCUT2D eigenvalue weighted by molar-refractivity contribution is 5.85. The van der Waals surface area contributed by atoms with E-state index in [4.69, 9.17) is 4.84 Å². The Morgan fingerprint density at radius 2 is 1.92 bits per heavy atom. The summed E-state index contributed by atoms with van der Waals surface area (Å²) in [5, 5.41) is 18.2. The molecule has 2 N–H and O–H groups in total. The van der Waals surface area contributed by atoms with Crippen LogP contribution in [0.5, 0.6) is 0 Å². The number of amides is 1. The molecule has 8 atom stereocenters. The van der Waals surface area contributed by atoms with Crippen LogP contribution in [0.3, 0.4) is 0 Å². The van der Waals surface area contributed by atoms with E-state index in [0.29, 0.717) is 24.4 Å². The molecule has 1 aliphatic heterocycles. The Morgan fingerprint density at radius 3 is 2.64 bits per heavy atom. The fourth-order valence-corrected chi connectivity index (χ4v) is 9.41. The fraction of sp³-hybridized carbons (Fsp3) is 0.867. The predicted molar refractivity (Wildman–Crippen MR) is 144 cm³/mol. The van der Waals surface area contributed by atoms with Crippen molar-refractivity contribution >= 4 is 11.8 Å². The zero-order valence-corrected chi connectivity index (χ0v) is 23.5. The molecule has 1 amide bonds. The molecule has 6 nitrogen and oxygen atoms in total. The molecule has 1 saturated heterocycles. The van der Waals surface area contributed by atoms with Crippen molar-refractivity contribution in [1.82, 2.24) is 10.2 Å². The number of carbonyl (C=O) groups excluding carboxylic acids is 1. The number of nitrogens with zero attached hydrogens (tertiary/aromatic N) is 2. The highest BCUT2D eigenvalue weighted by Crippen LogP contribution is 2.66. The van der Waals surface area contributed by atoms with Gasteiger partial charge in [0.05, 0.1) is 11.8 Å². The largest absolute Gasteiger partial charge is 0.435 e. The molecule has 0 aromatic rings. The smallest absolute Gasteiger partial charge is 0.389 e. The van der Waals surface area contributed by atoms with Gasteiger partial charge in [0, 0.05) is 32.1 Å². The summed E-state index contributed by atoms with van der Waals surface area (Å²) >= 11 is 0. The first kappa shape index (κ1) is 26.2. The van der Waals surface area contributed by atoms with Crippen molar-refractivity contribution in [3.05, 3.63) is 11.6 Å². The van der Waals surface area contributed by atoms with Crippen LogP contribution in [0.25, 0.3) is 0 Å². The summed E-state index contributed by atoms with van der Waals surface area (Å²) in [5.41, 5.74) is 3.31. The van der Waals surface area contributed by atoms with Gasteiger partial charge in [0.1, 0.15) is 0 Å². The number of nitrogens with one attached hydrogen (secondary N) is 1. The predicted octanol–water partition coefficient (Wildman–Crippen LogP) is 5.76. The summed E-state index contributed by atoms with van der Waals surface area (Å²) in [6.45, 7) is 13.2. The summed E-state index contributed by atoms with van der Waals surface area (Å²) in [6, 6.07) is 0.312. The van der Waals surface area contributed by atoms with E-state index >= 15 is 0 Å². The lowest BCUT2D eigenvalue weighted by Gasteiger charge is -2.58. The maximum absolute atomic E-state index is 12.7. The average molecular weight is 500 g/mol. The minimum Gasteiger partial charge on any atom is -0.389 e. The molecule has 0 aromatic carbocycles. The number of likely N-dealkylation sites (N-methyl/N-ethyl adjacent to an activating group) is 1. The third kappa shape index (κ3) is 4.55. The van der Waals surface area contributed by atoms with Crippen molar-refractivity contribution in [2.45, 2.75) is 105 Å². The lowest BCUT2D eigenvalue weighted by atomic mass is 9.46. The number of hydrogen-bond donors (Lipinski definition) is 2. The molecule has 4 fully saturated rings. The molecule has 1 unspecified atom stereocenters. The van der Waals surface area contributed by atoms with Crippen molar-refractivity contribution in [3.8, 4) is 0 Å². The monoisotopic (exact) mass is 499 g/mol. The molecule has 0 radical (unpaired) electrons. The van der Waals surface area contributed by atoms with E-state index in [9.17, 15) is 9.90 Å². The Labute approximate surface area is 218 Å². The lowest BCUT2D eigenvalue weighted by Crippen LogP contribution is -2.51. The van der Waals surface area contributed by atoms with E-state index in [1.165, 1.54) is 31.3 Å². The van der Waals surface area contributed by atoms with Crippen LogP contribution in [0.1, 0.15) is 92.4 Å². The molecule has 36 heavy (non-hydrogen) atoms. The van der Waals surface area contributed by atoms with Crippen molar-refractivity contribution in [1.29, 1.82) is 0 Å². The highest BCUT2D eigenvalue weighted by atomic mass is 16.7.